The molecule has 0 bridgehead atoms. The van der Waals surface area contributed by atoms with Crippen LogP contribution < -0.4 is 0 Å². The maximum absolute atomic E-state index is 9.91. The quantitative estimate of drug-likeness (QED) is 0.596. The van der Waals surface area contributed by atoms with Crippen LogP contribution in [0.3, 0.4) is 0 Å². The highest BCUT2D eigenvalue weighted by Crippen LogP contribution is 2.25. The minimum atomic E-state index is -0.123. The molecule has 2 nitrogen and oxygen atoms in total. The number of rotatable bonds is 10. The molecule has 0 aromatic heterocycles. The highest BCUT2D eigenvalue weighted by Gasteiger charge is 2.30. The summed E-state index contributed by atoms with van der Waals surface area (Å²) >= 11 is 0. The molecule has 0 aliphatic carbocycles. The van der Waals surface area contributed by atoms with E-state index in [1.54, 1.807) is 0 Å². The number of hydrogen-bond donors (Lipinski definition) is 1. The fourth-order valence-electron chi connectivity index (χ4n) is 4.00. The van der Waals surface area contributed by atoms with Crippen LogP contribution in [0.2, 0.25) is 0 Å². The topological polar surface area (TPSA) is 23.5 Å². The molecular formula is C22H37NO. The van der Waals surface area contributed by atoms with Gasteiger partial charge in [-0.05, 0) is 51.6 Å². The van der Waals surface area contributed by atoms with Crippen LogP contribution in [0.5, 0.6) is 0 Å². The second kappa shape index (κ2) is 10.9. The lowest BCUT2D eigenvalue weighted by Crippen LogP contribution is -2.49. The largest absolute Gasteiger partial charge is 0.392 e. The van der Waals surface area contributed by atoms with Gasteiger partial charge in [0.25, 0.3) is 0 Å². The van der Waals surface area contributed by atoms with Crippen molar-refractivity contribution in [2.75, 3.05) is 7.05 Å². The average Bonchev–Trinajstić information content (AvgIpc) is 2.61. The Kier molecular flexibility index (Phi) is 8.83. The predicted molar refractivity (Wildman–Crippen MR) is 103 cm³/mol. The van der Waals surface area contributed by atoms with E-state index >= 15 is 0 Å². The molecule has 0 spiro atoms. The van der Waals surface area contributed by atoms with Crippen LogP contribution in [0.4, 0.5) is 0 Å². The molecule has 1 aromatic carbocycles. The molecule has 1 aromatic rings. The molecule has 3 atom stereocenters. The van der Waals surface area contributed by atoms with E-state index in [4.69, 9.17) is 0 Å². The van der Waals surface area contributed by atoms with E-state index in [1.165, 1.54) is 69.8 Å². The third-order valence-corrected chi connectivity index (χ3v) is 5.92. The summed E-state index contributed by atoms with van der Waals surface area (Å²) in [5.74, 6) is 0. The van der Waals surface area contributed by atoms with Crippen molar-refractivity contribution in [3.63, 3.8) is 0 Å². The second-order valence-corrected chi connectivity index (χ2v) is 7.70. The van der Waals surface area contributed by atoms with Gasteiger partial charge in [-0.15, -0.1) is 0 Å². The Balaban J connectivity index is 1.43. The Morgan fingerprint density at radius 1 is 0.917 bits per heavy atom. The third kappa shape index (κ3) is 6.57. The Bertz CT molecular complexity index is 433. The molecule has 0 saturated carbocycles. The molecule has 0 unspecified atom stereocenters. The van der Waals surface area contributed by atoms with Crippen LogP contribution >= 0.6 is 0 Å². The SMILES string of the molecule is C[C@@H]1[C@H](O)CC[C@H](CCCCCCCCCc2ccccc2)N1C. The molecule has 1 heterocycles. The van der Waals surface area contributed by atoms with Crippen molar-refractivity contribution in [3.8, 4) is 0 Å². The van der Waals surface area contributed by atoms with Gasteiger partial charge >= 0.3 is 0 Å². The summed E-state index contributed by atoms with van der Waals surface area (Å²) in [6.45, 7) is 2.16. The molecule has 1 aliphatic heterocycles. The van der Waals surface area contributed by atoms with E-state index in [-0.39, 0.29) is 6.10 Å². The summed E-state index contributed by atoms with van der Waals surface area (Å²) in [7, 11) is 2.18. The van der Waals surface area contributed by atoms with Gasteiger partial charge in [-0.2, -0.15) is 0 Å². The zero-order chi connectivity index (χ0) is 17.2. The average molecular weight is 332 g/mol. The van der Waals surface area contributed by atoms with Gasteiger partial charge in [-0.1, -0.05) is 68.9 Å². The molecular weight excluding hydrogens is 294 g/mol. The van der Waals surface area contributed by atoms with E-state index in [1.807, 2.05) is 0 Å². The van der Waals surface area contributed by atoms with Crippen molar-refractivity contribution in [3.05, 3.63) is 35.9 Å². The lowest BCUT2D eigenvalue weighted by Gasteiger charge is -2.41. The molecule has 0 amide bonds. The summed E-state index contributed by atoms with van der Waals surface area (Å²) in [6, 6.07) is 11.9. The first-order chi connectivity index (χ1) is 11.7. The van der Waals surface area contributed by atoms with Gasteiger partial charge in [0.1, 0.15) is 0 Å². The summed E-state index contributed by atoms with van der Waals surface area (Å²) < 4.78 is 0. The van der Waals surface area contributed by atoms with E-state index in [9.17, 15) is 5.11 Å². The van der Waals surface area contributed by atoms with Gasteiger partial charge in [0.2, 0.25) is 0 Å². The Morgan fingerprint density at radius 3 is 2.25 bits per heavy atom. The number of nitrogens with zero attached hydrogens (tertiary/aromatic N) is 1. The van der Waals surface area contributed by atoms with Crippen molar-refractivity contribution in [2.45, 2.75) is 95.7 Å². The van der Waals surface area contributed by atoms with Crippen LogP contribution in [0.15, 0.2) is 30.3 Å². The van der Waals surface area contributed by atoms with Crippen molar-refractivity contribution in [2.24, 2.45) is 0 Å². The Morgan fingerprint density at radius 2 is 1.54 bits per heavy atom. The van der Waals surface area contributed by atoms with Gasteiger partial charge in [0, 0.05) is 12.1 Å². The van der Waals surface area contributed by atoms with Crippen LogP contribution in [-0.4, -0.2) is 35.2 Å². The molecule has 0 radical (unpaired) electrons. The second-order valence-electron chi connectivity index (χ2n) is 7.70. The molecule has 1 saturated heterocycles. The normalized spacial score (nSPS) is 25.0. The smallest absolute Gasteiger partial charge is 0.0693 e. The van der Waals surface area contributed by atoms with E-state index < -0.39 is 0 Å². The van der Waals surface area contributed by atoms with Crippen LogP contribution in [0.25, 0.3) is 0 Å². The molecule has 2 rings (SSSR count). The monoisotopic (exact) mass is 331 g/mol. The zero-order valence-corrected chi connectivity index (χ0v) is 15.8. The number of likely N-dealkylation sites (N-methyl/N-ethyl adjacent to an activating group) is 1. The number of unbranched alkanes of at least 4 members (excludes halogenated alkanes) is 6. The molecule has 1 fully saturated rings. The van der Waals surface area contributed by atoms with Gasteiger partial charge in [0.15, 0.2) is 0 Å². The van der Waals surface area contributed by atoms with Gasteiger partial charge in [-0.25, -0.2) is 0 Å². The minimum absolute atomic E-state index is 0.123. The van der Waals surface area contributed by atoms with Gasteiger partial charge < -0.3 is 5.11 Å². The van der Waals surface area contributed by atoms with E-state index in [0.717, 1.165) is 6.42 Å². The number of likely N-dealkylation sites (tertiary alicyclic amines) is 1. The fourth-order valence-corrected chi connectivity index (χ4v) is 4.00. The van der Waals surface area contributed by atoms with E-state index in [0.29, 0.717) is 12.1 Å². The van der Waals surface area contributed by atoms with Crippen LogP contribution in [0, 0.1) is 0 Å². The summed E-state index contributed by atoms with van der Waals surface area (Å²) in [5.41, 5.74) is 1.48. The number of piperidine rings is 1. The molecule has 1 N–H and O–H groups in total. The number of aryl methyl sites for hydroxylation is 1. The van der Waals surface area contributed by atoms with Crippen molar-refractivity contribution >= 4 is 0 Å². The lowest BCUT2D eigenvalue weighted by molar-refractivity contribution is -0.000732. The molecule has 1 aliphatic rings. The first kappa shape index (κ1) is 19.5. The lowest BCUT2D eigenvalue weighted by atomic mass is 9.91. The minimum Gasteiger partial charge on any atom is -0.392 e. The predicted octanol–water partition coefficient (Wildman–Crippen LogP) is 5.19. The Hall–Kier alpha value is -0.860. The zero-order valence-electron chi connectivity index (χ0n) is 15.8. The Labute approximate surface area is 149 Å². The maximum Gasteiger partial charge on any atom is 0.0693 e. The molecule has 2 heteroatoms. The summed E-state index contributed by atoms with van der Waals surface area (Å²) in [6.07, 6.45) is 14.2. The summed E-state index contributed by atoms with van der Waals surface area (Å²) in [5, 5.41) is 9.91. The standard InChI is InChI=1S/C22H37NO/c1-19-22(24)18-17-21(23(19)2)16-12-7-5-3-4-6-9-13-20-14-10-8-11-15-20/h8,10-11,14-15,19,21-22,24H,3-7,9,12-13,16-18H2,1-2H3/t19-,21+,22-/m1/s1. The first-order valence-corrected chi connectivity index (χ1v) is 10.1. The van der Waals surface area contributed by atoms with Gasteiger partial charge in [0.05, 0.1) is 6.10 Å². The van der Waals surface area contributed by atoms with Crippen LogP contribution in [0.1, 0.15) is 76.7 Å². The maximum atomic E-state index is 9.91. The highest BCUT2D eigenvalue weighted by atomic mass is 16.3. The van der Waals surface area contributed by atoms with Crippen molar-refractivity contribution in [1.82, 2.24) is 4.90 Å². The number of aliphatic hydroxyl groups is 1. The van der Waals surface area contributed by atoms with Crippen molar-refractivity contribution < 1.29 is 5.11 Å². The highest BCUT2D eigenvalue weighted by molar-refractivity contribution is 5.14. The fraction of sp³-hybridized carbons (Fsp3) is 0.727. The number of aliphatic hydroxyl groups excluding tert-OH is 1. The molecule has 136 valence electrons. The number of hydrogen-bond acceptors (Lipinski definition) is 2. The van der Waals surface area contributed by atoms with Crippen molar-refractivity contribution in [1.29, 1.82) is 0 Å². The van der Waals surface area contributed by atoms with E-state index in [2.05, 4.69) is 49.2 Å². The first-order valence-electron chi connectivity index (χ1n) is 10.1. The third-order valence-electron chi connectivity index (χ3n) is 5.92. The van der Waals surface area contributed by atoms with Crippen LogP contribution in [-0.2, 0) is 6.42 Å². The summed E-state index contributed by atoms with van der Waals surface area (Å²) in [4.78, 5) is 2.40. The molecule has 24 heavy (non-hydrogen) atoms. The number of benzene rings is 1. The van der Waals surface area contributed by atoms with Gasteiger partial charge in [-0.3, -0.25) is 4.90 Å².